The Bertz CT molecular complexity index is 353. The number of nitrogens with one attached hydrogen (secondary N) is 1. The van der Waals surface area contributed by atoms with Crippen LogP contribution in [0, 0.1) is 11.3 Å². The second-order valence-corrected chi connectivity index (χ2v) is 4.40. The van der Waals surface area contributed by atoms with Gasteiger partial charge in [-0.1, -0.05) is 0 Å². The molecule has 0 aliphatic carbocycles. The van der Waals surface area contributed by atoms with Crippen LogP contribution in [0.4, 0.5) is 5.82 Å². The lowest BCUT2D eigenvalue weighted by molar-refractivity contribution is 0.807. The summed E-state index contributed by atoms with van der Waals surface area (Å²) in [5.74, 6) is 3.17. The smallest absolute Gasteiger partial charge is 0.127 e. The third-order valence-electron chi connectivity index (χ3n) is 2.17. The van der Waals surface area contributed by atoms with E-state index in [0.717, 1.165) is 11.6 Å². The molecular weight excluding hydrogens is 194 g/mol. The Kier molecular flexibility index (Phi) is 2.90. The van der Waals surface area contributed by atoms with Gasteiger partial charge < -0.3 is 5.32 Å². The summed E-state index contributed by atoms with van der Waals surface area (Å²) in [5.41, 5.74) is 0.660. The summed E-state index contributed by atoms with van der Waals surface area (Å²) in [6, 6.07) is 6.13. The van der Waals surface area contributed by atoms with Gasteiger partial charge in [0.15, 0.2) is 0 Å². The average Bonchev–Trinajstić information content (AvgIpc) is 2.71. The van der Waals surface area contributed by atoms with Crippen LogP contribution >= 0.6 is 11.8 Å². The van der Waals surface area contributed by atoms with Gasteiger partial charge in [0.1, 0.15) is 5.82 Å². The Hall–Kier alpha value is -1.21. The summed E-state index contributed by atoms with van der Waals surface area (Å²) < 4.78 is 0. The van der Waals surface area contributed by atoms with Gasteiger partial charge in [-0.15, -0.1) is 0 Å². The van der Waals surface area contributed by atoms with Crippen LogP contribution in [0.5, 0.6) is 0 Å². The minimum Gasteiger partial charge on any atom is -0.366 e. The van der Waals surface area contributed by atoms with E-state index in [1.54, 1.807) is 18.3 Å². The van der Waals surface area contributed by atoms with Crippen LogP contribution in [0.3, 0.4) is 0 Å². The molecule has 72 valence electrons. The number of thioether (sulfide) groups is 1. The van der Waals surface area contributed by atoms with Crippen molar-refractivity contribution in [2.45, 2.75) is 12.5 Å². The molecule has 1 aromatic rings. The first kappa shape index (κ1) is 9.35. The van der Waals surface area contributed by atoms with Gasteiger partial charge in [-0.2, -0.15) is 17.0 Å². The first-order valence-electron chi connectivity index (χ1n) is 4.59. The van der Waals surface area contributed by atoms with Crippen molar-refractivity contribution in [2.75, 3.05) is 16.8 Å². The summed E-state index contributed by atoms with van der Waals surface area (Å²) in [4.78, 5) is 4.18. The molecule has 2 rings (SSSR count). The molecule has 1 aliphatic heterocycles. The van der Waals surface area contributed by atoms with Crippen molar-refractivity contribution in [2.24, 2.45) is 0 Å². The van der Waals surface area contributed by atoms with Crippen LogP contribution in [0.25, 0.3) is 0 Å². The first-order valence-corrected chi connectivity index (χ1v) is 5.74. The number of nitrogens with zero attached hydrogens (tertiary/aromatic N) is 2. The summed E-state index contributed by atoms with van der Waals surface area (Å²) in [5, 5.41) is 12.0. The Morgan fingerprint density at radius 3 is 3.29 bits per heavy atom. The summed E-state index contributed by atoms with van der Waals surface area (Å²) in [6.45, 7) is 0. The highest BCUT2D eigenvalue weighted by molar-refractivity contribution is 7.99. The van der Waals surface area contributed by atoms with Crippen LogP contribution in [0.1, 0.15) is 12.0 Å². The average molecular weight is 205 g/mol. The van der Waals surface area contributed by atoms with E-state index in [1.807, 2.05) is 11.8 Å². The van der Waals surface area contributed by atoms with Crippen LogP contribution in [-0.4, -0.2) is 22.5 Å². The van der Waals surface area contributed by atoms with Crippen molar-refractivity contribution in [1.82, 2.24) is 4.98 Å². The van der Waals surface area contributed by atoms with E-state index in [-0.39, 0.29) is 0 Å². The Morgan fingerprint density at radius 2 is 2.57 bits per heavy atom. The summed E-state index contributed by atoms with van der Waals surface area (Å²) >= 11 is 1.96. The predicted molar refractivity (Wildman–Crippen MR) is 58.3 cm³/mol. The Morgan fingerprint density at radius 1 is 1.64 bits per heavy atom. The Balaban J connectivity index is 2.05. The van der Waals surface area contributed by atoms with E-state index in [1.165, 1.54) is 12.2 Å². The largest absolute Gasteiger partial charge is 0.366 e. The zero-order valence-corrected chi connectivity index (χ0v) is 8.55. The lowest BCUT2D eigenvalue weighted by Crippen LogP contribution is -2.18. The van der Waals surface area contributed by atoms with Crippen LogP contribution < -0.4 is 5.32 Å². The monoisotopic (exact) mass is 205 g/mol. The maximum atomic E-state index is 8.71. The van der Waals surface area contributed by atoms with Gasteiger partial charge in [-0.05, 0) is 24.3 Å². The molecule has 1 atom stereocenters. The van der Waals surface area contributed by atoms with Crippen molar-refractivity contribution < 1.29 is 0 Å². The van der Waals surface area contributed by atoms with E-state index < -0.39 is 0 Å². The molecule has 0 radical (unpaired) electrons. The molecule has 1 N–H and O–H groups in total. The number of hydrogen-bond donors (Lipinski definition) is 1. The Labute approximate surface area is 87.5 Å². The molecule has 0 saturated carbocycles. The fourth-order valence-electron chi connectivity index (χ4n) is 1.44. The molecular formula is C10H11N3S. The molecule has 0 bridgehead atoms. The topological polar surface area (TPSA) is 48.7 Å². The number of rotatable bonds is 2. The molecule has 1 fully saturated rings. The van der Waals surface area contributed by atoms with E-state index in [4.69, 9.17) is 5.26 Å². The van der Waals surface area contributed by atoms with Crippen LogP contribution in [0.2, 0.25) is 0 Å². The highest BCUT2D eigenvalue weighted by atomic mass is 32.2. The van der Waals surface area contributed by atoms with Gasteiger partial charge in [0, 0.05) is 18.0 Å². The zero-order valence-electron chi connectivity index (χ0n) is 7.73. The lowest BCUT2D eigenvalue weighted by atomic mass is 10.2. The number of aromatic nitrogens is 1. The van der Waals surface area contributed by atoms with E-state index >= 15 is 0 Å². The van der Waals surface area contributed by atoms with Gasteiger partial charge in [-0.3, -0.25) is 0 Å². The maximum absolute atomic E-state index is 8.71. The van der Waals surface area contributed by atoms with Gasteiger partial charge in [0.25, 0.3) is 0 Å². The van der Waals surface area contributed by atoms with Crippen molar-refractivity contribution in [3.8, 4) is 6.07 Å². The third-order valence-corrected chi connectivity index (χ3v) is 3.33. The molecule has 0 amide bonds. The highest BCUT2D eigenvalue weighted by Crippen LogP contribution is 2.20. The molecule has 14 heavy (non-hydrogen) atoms. The SMILES string of the molecule is N#Cc1ccnc(NC2CCSC2)c1. The lowest BCUT2D eigenvalue weighted by Gasteiger charge is -2.11. The summed E-state index contributed by atoms with van der Waals surface area (Å²) in [6.07, 6.45) is 2.85. The molecule has 1 aromatic heterocycles. The molecule has 0 aromatic carbocycles. The minimum atomic E-state index is 0.515. The van der Waals surface area contributed by atoms with Gasteiger partial charge >= 0.3 is 0 Å². The van der Waals surface area contributed by atoms with Crippen LogP contribution in [0.15, 0.2) is 18.3 Å². The normalized spacial score (nSPS) is 20.4. The van der Waals surface area contributed by atoms with E-state index in [0.29, 0.717) is 11.6 Å². The number of nitriles is 1. The van der Waals surface area contributed by atoms with Gasteiger partial charge in [0.05, 0.1) is 11.6 Å². The second kappa shape index (κ2) is 4.34. The van der Waals surface area contributed by atoms with Crippen LogP contribution in [-0.2, 0) is 0 Å². The zero-order chi connectivity index (χ0) is 9.80. The predicted octanol–water partition coefficient (Wildman–Crippen LogP) is 1.87. The van der Waals surface area contributed by atoms with E-state index in [2.05, 4.69) is 16.4 Å². The standard InChI is InChI=1S/C10H11N3S/c11-6-8-1-3-12-10(5-8)13-9-2-4-14-7-9/h1,3,5,9H,2,4,7H2,(H,12,13). The van der Waals surface area contributed by atoms with Crippen molar-refractivity contribution in [1.29, 1.82) is 5.26 Å². The molecule has 0 spiro atoms. The van der Waals surface area contributed by atoms with Crippen molar-refractivity contribution in [3.05, 3.63) is 23.9 Å². The quantitative estimate of drug-likeness (QED) is 0.800. The second-order valence-electron chi connectivity index (χ2n) is 3.25. The fraction of sp³-hybridized carbons (Fsp3) is 0.400. The molecule has 1 aliphatic rings. The minimum absolute atomic E-state index is 0.515. The third kappa shape index (κ3) is 2.18. The molecule has 3 nitrogen and oxygen atoms in total. The molecule has 1 unspecified atom stereocenters. The highest BCUT2D eigenvalue weighted by Gasteiger charge is 2.15. The number of hydrogen-bond acceptors (Lipinski definition) is 4. The van der Waals surface area contributed by atoms with Crippen molar-refractivity contribution >= 4 is 17.6 Å². The number of anilines is 1. The van der Waals surface area contributed by atoms with Crippen molar-refractivity contribution in [3.63, 3.8) is 0 Å². The molecule has 1 saturated heterocycles. The van der Waals surface area contributed by atoms with Gasteiger partial charge in [-0.25, -0.2) is 4.98 Å². The maximum Gasteiger partial charge on any atom is 0.127 e. The summed E-state index contributed by atoms with van der Waals surface area (Å²) in [7, 11) is 0. The molecule has 4 heteroatoms. The number of pyridine rings is 1. The van der Waals surface area contributed by atoms with E-state index in [9.17, 15) is 0 Å². The molecule has 2 heterocycles. The van der Waals surface area contributed by atoms with Gasteiger partial charge in [0.2, 0.25) is 0 Å². The fourth-order valence-corrected chi connectivity index (χ4v) is 2.59. The first-order chi connectivity index (χ1) is 6.88.